The number of carbonyl (C=O) groups is 1. The molecule has 130 valence electrons. The number of hydrogen-bond donors (Lipinski definition) is 1. The molecule has 1 unspecified atom stereocenters. The first-order valence-corrected chi connectivity index (χ1v) is 9.20. The van der Waals surface area contributed by atoms with Crippen molar-refractivity contribution in [3.63, 3.8) is 0 Å². The summed E-state index contributed by atoms with van der Waals surface area (Å²) in [4.78, 5) is 16.8. The van der Waals surface area contributed by atoms with Gasteiger partial charge in [-0.25, -0.2) is 0 Å². The van der Waals surface area contributed by atoms with Crippen molar-refractivity contribution < 1.29 is 4.79 Å². The summed E-state index contributed by atoms with van der Waals surface area (Å²) >= 11 is 0. The number of carbonyl (C=O) groups excluding carboxylic acids is 1. The number of fused-ring (bicyclic) bond motifs is 1. The molecule has 1 fully saturated rings. The predicted molar refractivity (Wildman–Crippen MR) is 102 cm³/mol. The molecule has 4 heteroatoms. The van der Waals surface area contributed by atoms with Crippen LogP contribution in [0.2, 0.25) is 0 Å². The summed E-state index contributed by atoms with van der Waals surface area (Å²) < 4.78 is 0. The monoisotopic (exact) mass is 335 g/mol. The highest BCUT2D eigenvalue weighted by molar-refractivity contribution is 5.98. The Kier molecular flexibility index (Phi) is 4.45. The van der Waals surface area contributed by atoms with Crippen molar-refractivity contribution in [3.05, 3.63) is 59.7 Å². The molecule has 1 atom stereocenters. The van der Waals surface area contributed by atoms with Crippen molar-refractivity contribution >= 4 is 17.3 Å². The molecule has 2 aliphatic rings. The van der Waals surface area contributed by atoms with E-state index in [1.165, 1.54) is 17.5 Å². The molecule has 1 saturated heterocycles. The van der Waals surface area contributed by atoms with Crippen molar-refractivity contribution in [3.8, 4) is 0 Å². The van der Waals surface area contributed by atoms with Crippen molar-refractivity contribution in [1.29, 1.82) is 0 Å². The molecule has 1 N–H and O–H groups in total. The minimum atomic E-state index is 0.163. The van der Waals surface area contributed by atoms with Gasteiger partial charge >= 0.3 is 0 Å². The standard InChI is InChI=1S/C21H25N3O/c1-2-24-20-6-4-3-5-18(20)14-23(15-21(24)25)19-9-7-16(8-10-19)17-11-12-22-13-17/h3-10,17,22H,2,11-15H2,1H3. The maximum atomic E-state index is 12.7. The average Bonchev–Trinajstić information content (AvgIpc) is 3.13. The first-order valence-electron chi connectivity index (χ1n) is 9.20. The van der Waals surface area contributed by atoms with Crippen LogP contribution in [-0.4, -0.2) is 32.1 Å². The first kappa shape index (κ1) is 16.2. The summed E-state index contributed by atoms with van der Waals surface area (Å²) in [5, 5.41) is 3.42. The molecule has 2 aromatic carbocycles. The van der Waals surface area contributed by atoms with Gasteiger partial charge in [0.15, 0.2) is 0 Å². The number of nitrogens with zero attached hydrogens (tertiary/aromatic N) is 2. The fraction of sp³-hybridized carbons (Fsp3) is 0.381. The summed E-state index contributed by atoms with van der Waals surface area (Å²) in [5.74, 6) is 0.785. The van der Waals surface area contributed by atoms with E-state index in [1.807, 2.05) is 17.9 Å². The molecular weight excluding hydrogens is 310 g/mol. The van der Waals surface area contributed by atoms with E-state index < -0.39 is 0 Å². The summed E-state index contributed by atoms with van der Waals surface area (Å²) in [5.41, 5.74) is 4.77. The number of benzene rings is 2. The molecule has 2 aromatic rings. The molecule has 2 heterocycles. The Balaban J connectivity index is 1.61. The van der Waals surface area contributed by atoms with Crippen LogP contribution in [0.25, 0.3) is 0 Å². The topological polar surface area (TPSA) is 35.6 Å². The van der Waals surface area contributed by atoms with Gasteiger partial charge in [-0.2, -0.15) is 0 Å². The third kappa shape index (κ3) is 3.14. The Morgan fingerprint density at radius 3 is 2.60 bits per heavy atom. The van der Waals surface area contributed by atoms with Gasteiger partial charge in [-0.05, 0) is 55.1 Å². The zero-order valence-electron chi connectivity index (χ0n) is 14.7. The molecule has 4 rings (SSSR count). The van der Waals surface area contributed by atoms with Crippen LogP contribution in [0.3, 0.4) is 0 Å². The molecule has 0 saturated carbocycles. The lowest BCUT2D eigenvalue weighted by Gasteiger charge is -2.23. The fourth-order valence-electron chi connectivity index (χ4n) is 3.98. The third-order valence-corrected chi connectivity index (χ3v) is 5.38. The maximum absolute atomic E-state index is 12.7. The smallest absolute Gasteiger partial charge is 0.246 e. The summed E-state index contributed by atoms with van der Waals surface area (Å²) in [6.45, 7) is 6.11. The quantitative estimate of drug-likeness (QED) is 0.936. The van der Waals surface area contributed by atoms with Crippen molar-refractivity contribution in [2.45, 2.75) is 25.8 Å². The van der Waals surface area contributed by atoms with E-state index in [-0.39, 0.29) is 5.91 Å². The van der Waals surface area contributed by atoms with E-state index >= 15 is 0 Å². The second-order valence-electron chi connectivity index (χ2n) is 6.90. The zero-order chi connectivity index (χ0) is 17.2. The highest BCUT2D eigenvalue weighted by Gasteiger charge is 2.25. The number of rotatable bonds is 3. The van der Waals surface area contributed by atoms with Crippen molar-refractivity contribution in [2.75, 3.05) is 36.0 Å². The van der Waals surface area contributed by atoms with Gasteiger partial charge < -0.3 is 15.1 Å². The van der Waals surface area contributed by atoms with Crippen molar-refractivity contribution in [1.82, 2.24) is 5.32 Å². The third-order valence-electron chi connectivity index (χ3n) is 5.38. The maximum Gasteiger partial charge on any atom is 0.246 e. The zero-order valence-corrected chi connectivity index (χ0v) is 14.7. The minimum absolute atomic E-state index is 0.163. The highest BCUT2D eigenvalue weighted by atomic mass is 16.2. The molecular formula is C21H25N3O. The average molecular weight is 335 g/mol. The van der Waals surface area contributed by atoms with E-state index in [4.69, 9.17) is 0 Å². The lowest BCUT2D eigenvalue weighted by atomic mass is 9.98. The number of likely N-dealkylation sites (N-methyl/N-ethyl adjacent to an activating group) is 1. The van der Waals surface area contributed by atoms with Crippen LogP contribution in [0.5, 0.6) is 0 Å². The lowest BCUT2D eigenvalue weighted by Crippen LogP contribution is -2.37. The van der Waals surface area contributed by atoms with Crippen LogP contribution in [-0.2, 0) is 11.3 Å². The second kappa shape index (κ2) is 6.89. The number of amides is 1. The van der Waals surface area contributed by atoms with E-state index in [0.717, 1.165) is 31.0 Å². The Morgan fingerprint density at radius 2 is 1.88 bits per heavy atom. The Hall–Kier alpha value is -2.33. The van der Waals surface area contributed by atoms with Gasteiger partial charge in [0.25, 0.3) is 0 Å². The molecule has 0 spiro atoms. The van der Waals surface area contributed by atoms with Gasteiger partial charge in [0.05, 0.1) is 6.54 Å². The molecule has 1 amide bonds. The largest absolute Gasteiger partial charge is 0.358 e. The summed E-state index contributed by atoms with van der Waals surface area (Å²) in [6, 6.07) is 17.0. The van der Waals surface area contributed by atoms with Gasteiger partial charge in [-0.1, -0.05) is 30.3 Å². The van der Waals surface area contributed by atoms with E-state index in [2.05, 4.69) is 52.7 Å². The van der Waals surface area contributed by atoms with E-state index in [0.29, 0.717) is 19.0 Å². The van der Waals surface area contributed by atoms with Crippen molar-refractivity contribution in [2.24, 2.45) is 0 Å². The van der Waals surface area contributed by atoms with Crippen LogP contribution < -0.4 is 15.1 Å². The van der Waals surface area contributed by atoms with Crippen LogP contribution in [0.15, 0.2) is 48.5 Å². The Morgan fingerprint density at radius 1 is 1.08 bits per heavy atom. The van der Waals surface area contributed by atoms with Crippen LogP contribution >= 0.6 is 0 Å². The molecule has 25 heavy (non-hydrogen) atoms. The molecule has 0 radical (unpaired) electrons. The fourth-order valence-corrected chi connectivity index (χ4v) is 3.98. The van der Waals surface area contributed by atoms with Crippen LogP contribution in [0.4, 0.5) is 11.4 Å². The SMILES string of the molecule is CCN1C(=O)CN(c2ccc(C3CCNC3)cc2)Cc2ccccc21. The van der Waals surface area contributed by atoms with Gasteiger partial charge in [0, 0.05) is 31.0 Å². The van der Waals surface area contributed by atoms with Crippen LogP contribution in [0, 0.1) is 0 Å². The first-order chi connectivity index (χ1) is 12.3. The van der Waals surface area contributed by atoms with Gasteiger partial charge in [0.1, 0.15) is 0 Å². The summed E-state index contributed by atoms with van der Waals surface area (Å²) in [6.07, 6.45) is 1.21. The summed E-state index contributed by atoms with van der Waals surface area (Å²) in [7, 11) is 0. The molecule has 0 bridgehead atoms. The second-order valence-corrected chi connectivity index (χ2v) is 6.90. The Bertz CT molecular complexity index is 750. The molecule has 0 aliphatic carbocycles. The number of anilines is 2. The molecule has 4 nitrogen and oxygen atoms in total. The van der Waals surface area contributed by atoms with E-state index in [1.54, 1.807) is 0 Å². The number of para-hydroxylation sites is 1. The number of hydrogen-bond acceptors (Lipinski definition) is 3. The lowest BCUT2D eigenvalue weighted by molar-refractivity contribution is -0.117. The molecule has 0 aromatic heterocycles. The highest BCUT2D eigenvalue weighted by Crippen LogP contribution is 2.30. The van der Waals surface area contributed by atoms with Gasteiger partial charge in [-0.15, -0.1) is 0 Å². The predicted octanol–water partition coefficient (Wildman–Crippen LogP) is 3.14. The normalized spacial score (nSPS) is 20.5. The van der Waals surface area contributed by atoms with E-state index in [9.17, 15) is 4.79 Å². The minimum Gasteiger partial charge on any atom is -0.358 e. The number of nitrogens with one attached hydrogen (secondary N) is 1. The van der Waals surface area contributed by atoms with Gasteiger partial charge in [0.2, 0.25) is 5.91 Å². The van der Waals surface area contributed by atoms with Gasteiger partial charge in [-0.3, -0.25) is 4.79 Å². The van der Waals surface area contributed by atoms with Crippen LogP contribution in [0.1, 0.15) is 30.4 Å². The molecule has 2 aliphatic heterocycles. The Labute approximate surface area is 149 Å².